The predicted octanol–water partition coefficient (Wildman–Crippen LogP) is -1.98. The van der Waals surface area contributed by atoms with E-state index >= 15 is 0 Å². The number of β-lactam (4-membered cyclic amide) rings is 1. The Hall–Kier alpha value is -0.630. The minimum absolute atomic E-state index is 0. The van der Waals surface area contributed by atoms with Gasteiger partial charge in [-0.15, -0.1) is 24.6 Å². The van der Waals surface area contributed by atoms with Crippen molar-refractivity contribution in [3.63, 3.8) is 0 Å². The number of fused-ring (bicyclic) bond motifs is 2. The fraction of sp³-hybridized carbons (Fsp3) is 0.667. The number of carbonyl (C=O) groups is 2. The van der Waals surface area contributed by atoms with Crippen molar-refractivity contribution < 1.29 is 49.4 Å². The average molecular weight is 476 g/mol. The number of hydrogen-bond donors (Lipinski definition) is 1. The molecule has 166 valence electrons. The van der Waals surface area contributed by atoms with Crippen LogP contribution in [0.4, 0.5) is 0 Å². The SMILES string of the molecule is C#C.CC.Cc1cnc2n1CC(SC1C(C)C3C(C(C)O)C(=O)N3C1C(=O)[O-])CS2.[Na+]. The standard InChI is InChI=1S/C17H23N3O4S2.C2H6.C2H2.Na/c1-7-4-18-17-19(7)5-10(6-25-17)26-14-8(2)12-11(9(3)21)15(22)20(12)13(14)16(23)24;2*1-2;/h4,8-14,21H,5-6H2,1-3H3,(H,23,24);1-2H3;1-2H;/q;;;+1/p-1. The number of imidazole rings is 1. The molecule has 7 atom stereocenters. The summed E-state index contributed by atoms with van der Waals surface area (Å²) >= 11 is 3.33. The molecular formula is C21H30N3NaO4S2. The van der Waals surface area contributed by atoms with Crippen molar-refractivity contribution in [3.05, 3.63) is 11.9 Å². The minimum Gasteiger partial charge on any atom is -0.548 e. The number of aryl methyl sites for hydroxylation is 1. The summed E-state index contributed by atoms with van der Waals surface area (Å²) in [6.45, 7) is 10.4. The molecule has 1 aromatic heterocycles. The van der Waals surface area contributed by atoms with Gasteiger partial charge >= 0.3 is 29.6 Å². The van der Waals surface area contributed by atoms with E-state index in [-0.39, 0.29) is 57.9 Å². The number of carboxylic acids is 1. The smallest absolute Gasteiger partial charge is 0.548 e. The molecule has 1 aromatic rings. The molecule has 0 spiro atoms. The molecular weight excluding hydrogens is 445 g/mol. The molecule has 0 saturated carbocycles. The zero-order valence-electron chi connectivity index (χ0n) is 19.0. The predicted molar refractivity (Wildman–Crippen MR) is 118 cm³/mol. The first-order valence-electron chi connectivity index (χ1n) is 10.2. The van der Waals surface area contributed by atoms with Gasteiger partial charge in [0.25, 0.3) is 0 Å². The van der Waals surface area contributed by atoms with Crippen molar-refractivity contribution in [1.82, 2.24) is 14.5 Å². The maximum Gasteiger partial charge on any atom is 1.00 e. The van der Waals surface area contributed by atoms with Crippen LogP contribution in [0.5, 0.6) is 0 Å². The molecule has 1 N–H and O–H groups in total. The zero-order valence-corrected chi connectivity index (χ0v) is 22.7. The Bertz CT molecular complexity index is 801. The monoisotopic (exact) mass is 475 g/mol. The quantitative estimate of drug-likeness (QED) is 0.306. The molecule has 31 heavy (non-hydrogen) atoms. The number of aliphatic carboxylic acids is 1. The van der Waals surface area contributed by atoms with E-state index in [9.17, 15) is 19.8 Å². The Morgan fingerprint density at radius 3 is 2.58 bits per heavy atom. The van der Waals surface area contributed by atoms with Crippen LogP contribution >= 0.6 is 23.5 Å². The fourth-order valence-corrected chi connectivity index (χ4v) is 7.48. The Balaban J connectivity index is 0.000000910. The van der Waals surface area contributed by atoms with Crippen LogP contribution in [-0.4, -0.2) is 65.9 Å². The molecule has 0 aliphatic carbocycles. The molecule has 7 nitrogen and oxygen atoms in total. The number of thioether (sulfide) groups is 2. The Kier molecular flexibility index (Phi) is 11.0. The van der Waals surface area contributed by atoms with Gasteiger partial charge in [-0.3, -0.25) is 4.79 Å². The molecule has 0 aromatic carbocycles. The van der Waals surface area contributed by atoms with Crippen LogP contribution in [0.1, 0.15) is 33.4 Å². The second kappa shape index (κ2) is 12.0. The maximum atomic E-state index is 12.4. The van der Waals surface area contributed by atoms with E-state index in [1.165, 1.54) is 4.90 Å². The summed E-state index contributed by atoms with van der Waals surface area (Å²) in [5.74, 6) is -1.10. The molecule has 7 unspecified atom stereocenters. The Labute approximate surface area is 215 Å². The van der Waals surface area contributed by atoms with Crippen LogP contribution in [0, 0.1) is 31.6 Å². The number of aliphatic hydroxyl groups is 1. The number of nitrogens with zero attached hydrogens (tertiary/aromatic N) is 3. The van der Waals surface area contributed by atoms with Crippen molar-refractivity contribution in [2.75, 3.05) is 5.75 Å². The largest absolute Gasteiger partial charge is 1.00 e. The van der Waals surface area contributed by atoms with E-state index in [0.29, 0.717) is 0 Å². The molecule has 2 fully saturated rings. The first-order valence-corrected chi connectivity index (χ1v) is 12.1. The first kappa shape index (κ1) is 28.4. The van der Waals surface area contributed by atoms with Crippen molar-refractivity contribution in [2.24, 2.45) is 11.8 Å². The fourth-order valence-electron chi connectivity index (χ4n) is 4.54. The molecule has 4 heterocycles. The summed E-state index contributed by atoms with van der Waals surface area (Å²) in [6.07, 6.45) is 9.09. The van der Waals surface area contributed by atoms with Crippen LogP contribution in [0.25, 0.3) is 0 Å². The summed E-state index contributed by atoms with van der Waals surface area (Å²) < 4.78 is 2.16. The maximum absolute atomic E-state index is 12.4. The normalized spacial score (nSPS) is 31.4. The summed E-state index contributed by atoms with van der Waals surface area (Å²) in [4.78, 5) is 30.1. The molecule has 3 aliphatic heterocycles. The number of terminal acetylenes is 1. The van der Waals surface area contributed by atoms with Crippen LogP contribution in [0.15, 0.2) is 11.4 Å². The topological polar surface area (TPSA) is 98.5 Å². The zero-order chi connectivity index (χ0) is 22.7. The van der Waals surface area contributed by atoms with Crippen molar-refractivity contribution in [1.29, 1.82) is 0 Å². The molecule has 0 bridgehead atoms. The summed E-state index contributed by atoms with van der Waals surface area (Å²) in [6, 6.07) is -1.14. The number of amides is 1. The van der Waals surface area contributed by atoms with Gasteiger partial charge in [0.05, 0.1) is 30.1 Å². The van der Waals surface area contributed by atoms with Gasteiger partial charge in [0.15, 0.2) is 5.16 Å². The Morgan fingerprint density at radius 1 is 1.42 bits per heavy atom. The third kappa shape index (κ3) is 5.15. The van der Waals surface area contributed by atoms with Gasteiger partial charge in [0.1, 0.15) is 0 Å². The van der Waals surface area contributed by atoms with Crippen LogP contribution in [0.3, 0.4) is 0 Å². The number of rotatable bonds is 4. The van der Waals surface area contributed by atoms with Gasteiger partial charge in [-0.05, 0) is 19.8 Å². The van der Waals surface area contributed by atoms with Crippen LogP contribution in [0.2, 0.25) is 0 Å². The van der Waals surface area contributed by atoms with E-state index in [2.05, 4.69) is 22.4 Å². The van der Waals surface area contributed by atoms with Crippen molar-refractivity contribution >= 4 is 35.4 Å². The third-order valence-corrected chi connectivity index (χ3v) is 8.88. The average Bonchev–Trinajstić information content (AvgIpc) is 3.21. The van der Waals surface area contributed by atoms with E-state index in [0.717, 1.165) is 23.1 Å². The molecule has 2 saturated heterocycles. The van der Waals surface area contributed by atoms with E-state index in [4.69, 9.17) is 0 Å². The van der Waals surface area contributed by atoms with Crippen molar-refractivity contribution in [3.8, 4) is 12.8 Å². The van der Waals surface area contributed by atoms with Gasteiger partial charge in [0.2, 0.25) is 5.91 Å². The van der Waals surface area contributed by atoms with Crippen LogP contribution < -0.4 is 34.7 Å². The van der Waals surface area contributed by atoms with E-state index in [1.807, 2.05) is 33.9 Å². The van der Waals surface area contributed by atoms with Crippen molar-refractivity contribution in [2.45, 2.75) is 75.0 Å². The van der Waals surface area contributed by atoms with E-state index in [1.54, 1.807) is 30.4 Å². The third-order valence-electron chi connectivity index (χ3n) is 5.81. The van der Waals surface area contributed by atoms with Gasteiger partial charge < -0.3 is 24.5 Å². The second-order valence-corrected chi connectivity index (χ2v) is 9.92. The molecule has 1 amide bonds. The summed E-state index contributed by atoms with van der Waals surface area (Å²) in [5, 5.41) is 22.8. The van der Waals surface area contributed by atoms with Gasteiger partial charge in [-0.1, -0.05) is 32.5 Å². The summed E-state index contributed by atoms with van der Waals surface area (Å²) in [7, 11) is 0. The Morgan fingerprint density at radius 2 is 2.03 bits per heavy atom. The second-order valence-electron chi connectivity index (χ2n) is 7.45. The number of carboxylic acid groups (broad SMARTS) is 1. The number of aromatic nitrogens is 2. The van der Waals surface area contributed by atoms with Crippen LogP contribution in [-0.2, 0) is 16.1 Å². The van der Waals surface area contributed by atoms with Gasteiger partial charge in [0, 0.05) is 34.7 Å². The minimum atomic E-state index is -1.20. The molecule has 4 rings (SSSR count). The van der Waals surface area contributed by atoms with E-state index < -0.39 is 24.0 Å². The number of hydrogen-bond acceptors (Lipinski definition) is 7. The molecule has 10 heteroatoms. The van der Waals surface area contributed by atoms with Gasteiger partial charge in [-0.2, -0.15) is 0 Å². The van der Waals surface area contributed by atoms with Gasteiger partial charge in [-0.25, -0.2) is 4.98 Å². The first-order chi connectivity index (χ1) is 14.3. The summed E-state index contributed by atoms with van der Waals surface area (Å²) in [5.41, 5.74) is 1.10. The number of carbonyl (C=O) groups excluding carboxylic acids is 2. The molecule has 3 aliphatic rings. The number of aliphatic hydroxyl groups excluding tert-OH is 1. The molecule has 0 radical (unpaired) electrons.